The Balaban J connectivity index is 0. The first-order chi connectivity index (χ1) is 7.56. The number of hydrogen-bond donors (Lipinski definition) is 3. The molecule has 0 saturated heterocycles. The van der Waals surface area contributed by atoms with Crippen LogP contribution in [0.15, 0.2) is 0 Å². The average Bonchev–Trinajstić information content (AvgIpc) is 2.28. The molecular weight excluding hydrogens is 210 g/mol. The molecule has 0 aromatic rings. The SMILES string of the molecule is CCN(CC)CC.O=C(O)C(CO)CCO. The Labute approximate surface area is 97.7 Å². The molecule has 0 rings (SSSR count). The van der Waals surface area contributed by atoms with Crippen LogP contribution in [0.4, 0.5) is 0 Å². The molecule has 0 aliphatic heterocycles. The largest absolute Gasteiger partial charge is 0.481 e. The number of carboxylic acids is 1. The van der Waals surface area contributed by atoms with Crippen LogP contribution < -0.4 is 0 Å². The number of aliphatic carboxylic acids is 1. The molecule has 0 radical (unpaired) electrons. The Kier molecular flexibility index (Phi) is 13.8. The van der Waals surface area contributed by atoms with E-state index in [2.05, 4.69) is 25.7 Å². The number of carboxylic acid groups (broad SMARTS) is 1. The van der Waals surface area contributed by atoms with Crippen molar-refractivity contribution >= 4 is 5.97 Å². The molecule has 0 aromatic carbocycles. The molecule has 5 nitrogen and oxygen atoms in total. The number of rotatable bonds is 7. The molecule has 0 aromatic heterocycles. The Bertz CT molecular complexity index is 155. The monoisotopic (exact) mass is 235 g/mol. The maximum Gasteiger partial charge on any atom is 0.308 e. The fourth-order valence-electron chi connectivity index (χ4n) is 1.12. The lowest BCUT2D eigenvalue weighted by Gasteiger charge is -2.13. The van der Waals surface area contributed by atoms with Gasteiger partial charge in [-0.3, -0.25) is 4.79 Å². The molecule has 0 spiro atoms. The van der Waals surface area contributed by atoms with E-state index in [0.717, 1.165) is 0 Å². The minimum Gasteiger partial charge on any atom is -0.481 e. The van der Waals surface area contributed by atoms with E-state index in [1.165, 1.54) is 19.6 Å². The first kappa shape index (κ1) is 17.7. The van der Waals surface area contributed by atoms with E-state index in [1.807, 2.05) is 0 Å². The van der Waals surface area contributed by atoms with Gasteiger partial charge in [0.2, 0.25) is 0 Å². The van der Waals surface area contributed by atoms with Gasteiger partial charge in [-0.1, -0.05) is 20.8 Å². The van der Waals surface area contributed by atoms with Gasteiger partial charge in [0.15, 0.2) is 0 Å². The van der Waals surface area contributed by atoms with Gasteiger partial charge in [-0.25, -0.2) is 0 Å². The zero-order valence-electron chi connectivity index (χ0n) is 10.5. The molecule has 3 N–H and O–H groups in total. The summed E-state index contributed by atoms with van der Waals surface area (Å²) in [5.41, 5.74) is 0. The molecule has 1 unspecified atom stereocenters. The highest BCUT2D eigenvalue weighted by Gasteiger charge is 2.14. The molecule has 0 fully saturated rings. The first-order valence-electron chi connectivity index (χ1n) is 5.74. The highest BCUT2D eigenvalue weighted by atomic mass is 16.4. The van der Waals surface area contributed by atoms with Crippen molar-refractivity contribution in [1.29, 1.82) is 0 Å². The van der Waals surface area contributed by atoms with Gasteiger partial charge in [-0.2, -0.15) is 0 Å². The van der Waals surface area contributed by atoms with Gasteiger partial charge in [0.25, 0.3) is 0 Å². The van der Waals surface area contributed by atoms with Crippen LogP contribution in [0.1, 0.15) is 27.2 Å². The van der Waals surface area contributed by atoms with Gasteiger partial charge in [0.05, 0.1) is 12.5 Å². The third-order valence-electron chi connectivity index (χ3n) is 2.39. The van der Waals surface area contributed by atoms with Gasteiger partial charge in [-0.15, -0.1) is 0 Å². The molecular formula is C11H25NO4. The van der Waals surface area contributed by atoms with Crippen LogP contribution in [0.25, 0.3) is 0 Å². The number of aliphatic hydroxyl groups is 2. The van der Waals surface area contributed by atoms with E-state index >= 15 is 0 Å². The number of aliphatic hydroxyl groups excluding tert-OH is 2. The van der Waals surface area contributed by atoms with Crippen LogP contribution in [0.2, 0.25) is 0 Å². The van der Waals surface area contributed by atoms with Crippen molar-refractivity contribution in [3.63, 3.8) is 0 Å². The average molecular weight is 235 g/mol. The van der Waals surface area contributed by atoms with Crippen molar-refractivity contribution in [2.24, 2.45) is 5.92 Å². The van der Waals surface area contributed by atoms with Crippen LogP contribution in [-0.4, -0.2) is 59.0 Å². The Morgan fingerprint density at radius 2 is 1.56 bits per heavy atom. The molecule has 98 valence electrons. The minimum absolute atomic E-state index is 0.117. The highest BCUT2D eigenvalue weighted by Crippen LogP contribution is 1.99. The van der Waals surface area contributed by atoms with E-state index in [4.69, 9.17) is 15.3 Å². The van der Waals surface area contributed by atoms with E-state index in [1.54, 1.807) is 0 Å². The molecule has 0 heterocycles. The molecule has 0 aliphatic rings. The third kappa shape index (κ3) is 9.89. The standard InChI is InChI=1S/C6H15N.C5H10O4/c1-4-7(5-2)6-3;6-2-1-4(3-7)5(8)9/h4-6H2,1-3H3;4,6-7H,1-3H2,(H,8,9). The Morgan fingerprint density at radius 1 is 1.12 bits per heavy atom. The van der Waals surface area contributed by atoms with E-state index < -0.39 is 18.5 Å². The fraction of sp³-hybridized carbons (Fsp3) is 0.909. The number of carbonyl (C=O) groups is 1. The van der Waals surface area contributed by atoms with Gasteiger partial charge in [0.1, 0.15) is 0 Å². The molecule has 0 aliphatic carbocycles. The second-order valence-corrected chi connectivity index (χ2v) is 3.35. The van der Waals surface area contributed by atoms with E-state index in [-0.39, 0.29) is 13.0 Å². The van der Waals surface area contributed by atoms with Gasteiger partial charge < -0.3 is 20.2 Å². The highest BCUT2D eigenvalue weighted by molar-refractivity contribution is 5.69. The Morgan fingerprint density at radius 3 is 1.62 bits per heavy atom. The predicted octanol–water partition coefficient (Wildman–Crippen LogP) is 0.410. The molecule has 0 bridgehead atoms. The maximum atomic E-state index is 10.0. The molecule has 16 heavy (non-hydrogen) atoms. The zero-order chi connectivity index (χ0) is 13.0. The summed E-state index contributed by atoms with van der Waals surface area (Å²) in [5, 5.41) is 24.8. The summed E-state index contributed by atoms with van der Waals surface area (Å²) < 4.78 is 0. The fourth-order valence-corrected chi connectivity index (χ4v) is 1.12. The summed E-state index contributed by atoms with van der Waals surface area (Å²) in [7, 11) is 0. The predicted molar refractivity (Wildman–Crippen MR) is 63.4 cm³/mol. The van der Waals surface area contributed by atoms with Crippen LogP contribution in [-0.2, 0) is 4.79 Å². The van der Waals surface area contributed by atoms with Crippen LogP contribution in [0.5, 0.6) is 0 Å². The normalized spacial score (nSPS) is 11.9. The van der Waals surface area contributed by atoms with E-state index in [9.17, 15) is 4.79 Å². The van der Waals surface area contributed by atoms with Crippen molar-refractivity contribution in [2.75, 3.05) is 32.8 Å². The summed E-state index contributed by atoms with van der Waals surface area (Å²) in [6.07, 6.45) is 0.117. The molecule has 0 amide bonds. The third-order valence-corrected chi connectivity index (χ3v) is 2.39. The molecule has 5 heteroatoms. The van der Waals surface area contributed by atoms with Crippen LogP contribution in [0.3, 0.4) is 0 Å². The van der Waals surface area contributed by atoms with Crippen molar-refractivity contribution in [3.05, 3.63) is 0 Å². The summed E-state index contributed by atoms with van der Waals surface area (Å²) in [6.45, 7) is 9.52. The lowest BCUT2D eigenvalue weighted by molar-refractivity contribution is -0.143. The summed E-state index contributed by atoms with van der Waals surface area (Å²) in [5.74, 6) is -1.87. The topological polar surface area (TPSA) is 81.0 Å². The van der Waals surface area contributed by atoms with Gasteiger partial charge >= 0.3 is 5.97 Å². The van der Waals surface area contributed by atoms with Crippen LogP contribution >= 0.6 is 0 Å². The number of hydrogen-bond acceptors (Lipinski definition) is 4. The molecule has 1 atom stereocenters. The van der Waals surface area contributed by atoms with Crippen molar-refractivity contribution in [2.45, 2.75) is 27.2 Å². The van der Waals surface area contributed by atoms with Crippen molar-refractivity contribution in [1.82, 2.24) is 4.90 Å². The smallest absolute Gasteiger partial charge is 0.308 e. The van der Waals surface area contributed by atoms with Crippen molar-refractivity contribution < 1.29 is 20.1 Å². The lowest BCUT2D eigenvalue weighted by Crippen LogP contribution is -2.21. The second kappa shape index (κ2) is 12.4. The summed E-state index contributed by atoms with van der Waals surface area (Å²) >= 11 is 0. The quantitative estimate of drug-likeness (QED) is 0.595. The summed E-state index contributed by atoms with van der Waals surface area (Å²) in [4.78, 5) is 12.4. The van der Waals surface area contributed by atoms with Gasteiger partial charge in [0, 0.05) is 6.61 Å². The Hall–Kier alpha value is -0.650. The maximum absolute atomic E-state index is 10.0. The second-order valence-electron chi connectivity index (χ2n) is 3.35. The first-order valence-corrected chi connectivity index (χ1v) is 5.74. The van der Waals surface area contributed by atoms with Crippen LogP contribution in [0, 0.1) is 5.92 Å². The zero-order valence-corrected chi connectivity index (χ0v) is 10.5. The minimum atomic E-state index is -1.06. The lowest BCUT2D eigenvalue weighted by atomic mass is 10.1. The van der Waals surface area contributed by atoms with Gasteiger partial charge in [-0.05, 0) is 26.1 Å². The molecule has 0 saturated carbocycles. The summed E-state index contributed by atoms with van der Waals surface area (Å²) in [6, 6.07) is 0. The number of nitrogens with zero attached hydrogens (tertiary/aromatic N) is 1. The van der Waals surface area contributed by atoms with E-state index in [0.29, 0.717) is 0 Å². The van der Waals surface area contributed by atoms with Crippen molar-refractivity contribution in [3.8, 4) is 0 Å².